The Morgan fingerprint density at radius 1 is 1.09 bits per heavy atom. The van der Waals surface area contributed by atoms with E-state index in [4.69, 9.17) is 14.5 Å². The topological polar surface area (TPSA) is 109 Å². The van der Waals surface area contributed by atoms with Gasteiger partial charge < -0.3 is 19.3 Å². The van der Waals surface area contributed by atoms with E-state index in [1.165, 1.54) is 4.90 Å². The molecule has 2 aromatic carbocycles. The van der Waals surface area contributed by atoms with Gasteiger partial charge >= 0.3 is 6.01 Å². The zero-order chi connectivity index (χ0) is 22.8. The molecule has 0 atom stereocenters. The van der Waals surface area contributed by atoms with Gasteiger partial charge in [0, 0.05) is 43.7 Å². The molecule has 1 aliphatic heterocycles. The van der Waals surface area contributed by atoms with E-state index in [1.54, 1.807) is 44.6 Å². The quantitative estimate of drug-likeness (QED) is 0.499. The number of aromatic nitrogens is 5. The van der Waals surface area contributed by atoms with Gasteiger partial charge in [-0.15, -0.1) is 0 Å². The van der Waals surface area contributed by atoms with E-state index in [2.05, 4.69) is 20.2 Å². The summed E-state index contributed by atoms with van der Waals surface area (Å²) in [5.74, 6) is 1.35. The van der Waals surface area contributed by atoms with Gasteiger partial charge in [-0.25, -0.2) is 0 Å². The Balaban J connectivity index is 1.56. The number of fused-ring (bicyclic) bond motifs is 1. The molecule has 1 fully saturated rings. The normalized spacial score (nSPS) is 13.8. The molecule has 10 heteroatoms. The van der Waals surface area contributed by atoms with Crippen LogP contribution in [0.15, 0.2) is 48.7 Å². The predicted octanol–water partition coefficient (Wildman–Crippen LogP) is 2.75. The molecule has 0 radical (unpaired) electrons. The Hall–Kier alpha value is -4.05. The van der Waals surface area contributed by atoms with Crippen molar-refractivity contribution in [2.75, 3.05) is 45.3 Å². The van der Waals surface area contributed by atoms with Gasteiger partial charge in [0.25, 0.3) is 5.91 Å². The first-order valence-corrected chi connectivity index (χ1v) is 10.6. The standard InChI is InChI=1S/C23H23N7O3/c1-29(2)21(31)15-5-3-6-16(13-15)33-23-26-20(17-7-4-8-19-18(17)14-24-28-19)25-22(27-23)30-9-11-32-12-10-30/h3-8,13-14H,9-12H2,1-2H3,(H,24,28). The third-order valence-corrected chi connectivity index (χ3v) is 5.32. The fourth-order valence-corrected chi connectivity index (χ4v) is 3.64. The monoisotopic (exact) mass is 445 g/mol. The maximum atomic E-state index is 12.3. The molecule has 5 rings (SSSR count). The summed E-state index contributed by atoms with van der Waals surface area (Å²) in [5, 5.41) is 8.02. The highest BCUT2D eigenvalue weighted by molar-refractivity contribution is 5.94. The molecular weight excluding hydrogens is 422 g/mol. The van der Waals surface area contributed by atoms with Gasteiger partial charge in [0.05, 0.1) is 24.9 Å². The number of nitrogens with zero attached hydrogens (tertiary/aromatic N) is 6. The summed E-state index contributed by atoms with van der Waals surface area (Å²) in [7, 11) is 3.42. The molecule has 168 valence electrons. The van der Waals surface area contributed by atoms with Crippen molar-refractivity contribution < 1.29 is 14.3 Å². The lowest BCUT2D eigenvalue weighted by atomic mass is 10.1. The van der Waals surface area contributed by atoms with Crippen molar-refractivity contribution in [3.63, 3.8) is 0 Å². The third kappa shape index (κ3) is 4.33. The number of amides is 1. The van der Waals surface area contributed by atoms with E-state index in [9.17, 15) is 4.79 Å². The average molecular weight is 445 g/mol. The number of carbonyl (C=O) groups is 1. The van der Waals surface area contributed by atoms with Crippen LogP contribution in [0.1, 0.15) is 10.4 Å². The number of rotatable bonds is 5. The molecule has 0 aliphatic carbocycles. The highest BCUT2D eigenvalue weighted by Gasteiger charge is 2.20. The van der Waals surface area contributed by atoms with E-state index in [0.29, 0.717) is 49.4 Å². The van der Waals surface area contributed by atoms with Gasteiger partial charge in [-0.1, -0.05) is 18.2 Å². The van der Waals surface area contributed by atoms with E-state index >= 15 is 0 Å². The van der Waals surface area contributed by atoms with Crippen LogP contribution in [0.5, 0.6) is 11.8 Å². The first-order valence-electron chi connectivity index (χ1n) is 10.6. The number of hydrogen-bond donors (Lipinski definition) is 1. The number of carbonyl (C=O) groups excluding carboxylic acids is 1. The molecule has 1 saturated heterocycles. The summed E-state index contributed by atoms with van der Waals surface area (Å²) in [6.45, 7) is 2.55. The number of benzene rings is 2. The number of anilines is 1. The van der Waals surface area contributed by atoms with Gasteiger partial charge in [0.2, 0.25) is 5.95 Å². The molecule has 1 aliphatic rings. The minimum absolute atomic E-state index is 0.113. The van der Waals surface area contributed by atoms with Crippen LogP contribution in [0.25, 0.3) is 22.3 Å². The highest BCUT2D eigenvalue weighted by atomic mass is 16.5. The molecule has 4 aromatic rings. The first-order chi connectivity index (χ1) is 16.1. The summed E-state index contributed by atoms with van der Waals surface area (Å²) in [4.78, 5) is 29.8. The van der Waals surface area contributed by atoms with E-state index in [-0.39, 0.29) is 11.9 Å². The van der Waals surface area contributed by atoms with Crippen molar-refractivity contribution in [2.24, 2.45) is 0 Å². The molecule has 0 spiro atoms. The van der Waals surface area contributed by atoms with Gasteiger partial charge in [-0.3, -0.25) is 9.89 Å². The summed E-state index contributed by atoms with van der Waals surface area (Å²) in [6, 6.07) is 12.9. The lowest BCUT2D eigenvalue weighted by Crippen LogP contribution is -2.37. The molecule has 3 heterocycles. The number of ether oxygens (including phenoxy) is 2. The zero-order valence-corrected chi connectivity index (χ0v) is 18.4. The second kappa shape index (κ2) is 8.83. The van der Waals surface area contributed by atoms with Crippen molar-refractivity contribution in [2.45, 2.75) is 0 Å². The Labute approximate surface area is 190 Å². The molecule has 2 aromatic heterocycles. The van der Waals surface area contributed by atoms with Crippen molar-refractivity contribution in [1.82, 2.24) is 30.0 Å². The van der Waals surface area contributed by atoms with Crippen LogP contribution < -0.4 is 9.64 Å². The second-order valence-electron chi connectivity index (χ2n) is 7.81. The second-order valence-corrected chi connectivity index (χ2v) is 7.81. The molecular formula is C23H23N7O3. The summed E-state index contributed by atoms with van der Waals surface area (Å²) < 4.78 is 11.5. The first kappa shape index (κ1) is 20.8. The maximum Gasteiger partial charge on any atom is 0.327 e. The zero-order valence-electron chi connectivity index (χ0n) is 18.4. The number of aromatic amines is 1. The van der Waals surface area contributed by atoms with Crippen molar-refractivity contribution in [3.05, 3.63) is 54.2 Å². The van der Waals surface area contributed by atoms with E-state index in [1.807, 2.05) is 23.1 Å². The Morgan fingerprint density at radius 3 is 2.73 bits per heavy atom. The third-order valence-electron chi connectivity index (χ3n) is 5.32. The van der Waals surface area contributed by atoms with Crippen LogP contribution in [0, 0.1) is 0 Å². The summed E-state index contributed by atoms with van der Waals surface area (Å²) >= 11 is 0. The van der Waals surface area contributed by atoms with Crippen LogP contribution in [-0.4, -0.2) is 76.4 Å². The Morgan fingerprint density at radius 2 is 1.91 bits per heavy atom. The van der Waals surface area contributed by atoms with Crippen LogP contribution in [-0.2, 0) is 4.74 Å². The number of H-pyrrole nitrogens is 1. The lowest BCUT2D eigenvalue weighted by molar-refractivity contribution is 0.0827. The van der Waals surface area contributed by atoms with Gasteiger partial charge in [-0.05, 0) is 24.3 Å². The number of nitrogens with one attached hydrogen (secondary N) is 1. The smallest absolute Gasteiger partial charge is 0.327 e. The molecule has 10 nitrogen and oxygen atoms in total. The van der Waals surface area contributed by atoms with Crippen LogP contribution in [0.2, 0.25) is 0 Å². The Bertz CT molecular complexity index is 1300. The SMILES string of the molecule is CN(C)C(=O)c1cccc(Oc2nc(-c3cccc4[nH]ncc34)nc(N3CCOCC3)n2)c1. The number of morpholine rings is 1. The van der Waals surface area contributed by atoms with Gasteiger partial charge in [0.15, 0.2) is 5.82 Å². The molecule has 0 saturated carbocycles. The molecule has 0 bridgehead atoms. The molecule has 1 N–H and O–H groups in total. The molecule has 0 unspecified atom stereocenters. The van der Waals surface area contributed by atoms with Gasteiger partial charge in [0.1, 0.15) is 5.75 Å². The van der Waals surface area contributed by atoms with Crippen LogP contribution in [0.4, 0.5) is 5.95 Å². The minimum atomic E-state index is -0.113. The van der Waals surface area contributed by atoms with E-state index < -0.39 is 0 Å². The van der Waals surface area contributed by atoms with Crippen molar-refractivity contribution in [3.8, 4) is 23.1 Å². The fraction of sp³-hybridized carbons (Fsp3) is 0.261. The fourth-order valence-electron chi connectivity index (χ4n) is 3.64. The molecule has 33 heavy (non-hydrogen) atoms. The van der Waals surface area contributed by atoms with E-state index in [0.717, 1.165) is 16.5 Å². The number of hydrogen-bond acceptors (Lipinski definition) is 8. The molecule has 1 amide bonds. The summed E-state index contributed by atoms with van der Waals surface area (Å²) in [5.41, 5.74) is 2.22. The predicted molar refractivity (Wildman–Crippen MR) is 122 cm³/mol. The van der Waals surface area contributed by atoms with Gasteiger partial charge in [-0.2, -0.15) is 20.1 Å². The highest BCUT2D eigenvalue weighted by Crippen LogP contribution is 2.29. The average Bonchev–Trinajstić information content (AvgIpc) is 3.33. The lowest BCUT2D eigenvalue weighted by Gasteiger charge is -2.27. The van der Waals surface area contributed by atoms with Crippen LogP contribution >= 0.6 is 0 Å². The van der Waals surface area contributed by atoms with Crippen molar-refractivity contribution >= 4 is 22.8 Å². The van der Waals surface area contributed by atoms with Crippen LogP contribution in [0.3, 0.4) is 0 Å². The van der Waals surface area contributed by atoms with Crippen molar-refractivity contribution in [1.29, 1.82) is 0 Å². The Kier molecular flexibility index (Phi) is 5.57. The minimum Gasteiger partial charge on any atom is -0.424 e. The summed E-state index contributed by atoms with van der Waals surface area (Å²) in [6.07, 6.45) is 1.75. The largest absolute Gasteiger partial charge is 0.424 e. The maximum absolute atomic E-state index is 12.3.